The van der Waals surface area contributed by atoms with Crippen LogP contribution in [-0.2, 0) is 19.1 Å². The van der Waals surface area contributed by atoms with Crippen molar-refractivity contribution in [1.82, 2.24) is 0 Å². The molecule has 0 bridgehead atoms. The van der Waals surface area contributed by atoms with Crippen molar-refractivity contribution in [2.75, 3.05) is 40.9 Å². The lowest BCUT2D eigenvalue weighted by Gasteiger charge is -2.28. The monoisotopic (exact) mass is 408 g/mol. The van der Waals surface area contributed by atoms with Crippen LogP contribution in [0.3, 0.4) is 0 Å². The first-order valence-electron chi connectivity index (χ1n) is 10.6. The molecule has 1 aromatic rings. The zero-order valence-electron chi connectivity index (χ0n) is 18.5. The molecule has 1 rings (SSSR count). The van der Waals surface area contributed by atoms with Crippen LogP contribution in [0.2, 0.25) is 0 Å². The van der Waals surface area contributed by atoms with Gasteiger partial charge in [-0.3, -0.25) is 9.59 Å². The molecule has 0 fully saturated rings. The summed E-state index contributed by atoms with van der Waals surface area (Å²) in [5, 5.41) is 0. The standard InChI is InChI=1S/C23H38NO5/c1-5-6-7-8-12-16-28-23(26)18-21(19-24(2,3)4)29-22(25)15-17-27-20-13-10-9-11-14-20/h9-11,13-14,21H,5-8,12,15-19H2,1-4H3/q+1/t21-/m1/s1. The molecule has 0 heterocycles. The van der Waals surface area contributed by atoms with E-state index in [4.69, 9.17) is 14.2 Å². The Morgan fingerprint density at radius 3 is 2.28 bits per heavy atom. The normalized spacial score (nSPS) is 12.3. The summed E-state index contributed by atoms with van der Waals surface area (Å²) in [6.45, 7) is 3.38. The second kappa shape index (κ2) is 14.0. The average Bonchev–Trinajstić information content (AvgIpc) is 2.64. The van der Waals surface area contributed by atoms with E-state index in [0.717, 1.165) is 12.8 Å². The molecular weight excluding hydrogens is 370 g/mol. The number of rotatable bonds is 15. The zero-order chi connectivity index (χ0) is 21.5. The first-order chi connectivity index (χ1) is 13.8. The Morgan fingerprint density at radius 1 is 0.931 bits per heavy atom. The summed E-state index contributed by atoms with van der Waals surface area (Å²) < 4.78 is 17.0. The highest BCUT2D eigenvalue weighted by molar-refractivity contribution is 5.72. The first kappa shape index (κ1) is 25.0. The number of nitrogens with zero attached hydrogens (tertiary/aromatic N) is 1. The fourth-order valence-electron chi connectivity index (χ4n) is 2.90. The molecule has 0 aliphatic heterocycles. The molecule has 0 aliphatic carbocycles. The molecule has 0 radical (unpaired) electrons. The van der Waals surface area contributed by atoms with Crippen molar-refractivity contribution in [3.8, 4) is 5.75 Å². The second-order valence-electron chi connectivity index (χ2n) is 8.34. The van der Waals surface area contributed by atoms with Crippen LogP contribution in [0.4, 0.5) is 0 Å². The molecule has 0 aliphatic rings. The van der Waals surface area contributed by atoms with E-state index in [9.17, 15) is 9.59 Å². The molecule has 29 heavy (non-hydrogen) atoms. The van der Waals surface area contributed by atoms with Gasteiger partial charge in [-0.1, -0.05) is 50.8 Å². The van der Waals surface area contributed by atoms with E-state index in [0.29, 0.717) is 23.4 Å². The van der Waals surface area contributed by atoms with Gasteiger partial charge < -0.3 is 18.7 Å². The van der Waals surface area contributed by atoms with Crippen molar-refractivity contribution in [2.45, 2.75) is 58.0 Å². The molecule has 1 aromatic carbocycles. The fraction of sp³-hybridized carbons (Fsp3) is 0.652. The number of esters is 2. The number of unbranched alkanes of at least 4 members (excludes halogenated alkanes) is 4. The van der Waals surface area contributed by atoms with Gasteiger partial charge in [0.15, 0.2) is 6.10 Å². The highest BCUT2D eigenvalue weighted by Crippen LogP contribution is 2.11. The van der Waals surface area contributed by atoms with Crippen molar-refractivity contribution >= 4 is 11.9 Å². The van der Waals surface area contributed by atoms with Gasteiger partial charge in [0.1, 0.15) is 12.3 Å². The van der Waals surface area contributed by atoms with Crippen LogP contribution in [0.25, 0.3) is 0 Å². The molecule has 0 unspecified atom stereocenters. The summed E-state index contributed by atoms with van der Waals surface area (Å²) in [5.41, 5.74) is 0. The van der Waals surface area contributed by atoms with Gasteiger partial charge in [0, 0.05) is 0 Å². The number of quaternary nitrogens is 1. The summed E-state index contributed by atoms with van der Waals surface area (Å²) in [4.78, 5) is 24.4. The SMILES string of the molecule is CCCCCCCOC(=O)C[C@H](C[N+](C)(C)C)OC(=O)CCOc1ccccc1. The van der Waals surface area contributed by atoms with Crippen molar-refractivity contribution < 1.29 is 28.3 Å². The lowest BCUT2D eigenvalue weighted by molar-refractivity contribution is -0.873. The van der Waals surface area contributed by atoms with Gasteiger partial charge in [-0.15, -0.1) is 0 Å². The molecule has 6 heteroatoms. The van der Waals surface area contributed by atoms with E-state index in [1.54, 1.807) is 0 Å². The number of hydrogen-bond donors (Lipinski definition) is 0. The van der Waals surface area contributed by atoms with Gasteiger partial charge in [-0.25, -0.2) is 0 Å². The summed E-state index contributed by atoms with van der Waals surface area (Å²) in [6.07, 6.45) is 5.22. The Morgan fingerprint density at radius 2 is 1.62 bits per heavy atom. The zero-order valence-corrected chi connectivity index (χ0v) is 18.5. The predicted molar refractivity (Wildman–Crippen MR) is 114 cm³/mol. The third-order valence-electron chi connectivity index (χ3n) is 4.27. The highest BCUT2D eigenvalue weighted by atomic mass is 16.6. The third kappa shape index (κ3) is 13.7. The van der Waals surface area contributed by atoms with Crippen LogP contribution in [0.1, 0.15) is 51.9 Å². The first-order valence-corrected chi connectivity index (χ1v) is 10.6. The molecule has 0 aromatic heterocycles. The molecule has 1 atom stereocenters. The quantitative estimate of drug-likeness (QED) is 0.250. The van der Waals surface area contributed by atoms with Crippen molar-refractivity contribution in [3.05, 3.63) is 30.3 Å². The minimum atomic E-state index is -0.508. The maximum absolute atomic E-state index is 12.2. The number of para-hydroxylation sites is 1. The number of ether oxygens (including phenoxy) is 3. The van der Waals surface area contributed by atoms with Crippen molar-refractivity contribution in [2.24, 2.45) is 0 Å². The van der Waals surface area contributed by atoms with E-state index >= 15 is 0 Å². The van der Waals surface area contributed by atoms with Crippen LogP contribution in [0, 0.1) is 0 Å². The van der Waals surface area contributed by atoms with Gasteiger partial charge in [0.05, 0.1) is 47.2 Å². The minimum absolute atomic E-state index is 0.0791. The minimum Gasteiger partial charge on any atom is -0.493 e. The van der Waals surface area contributed by atoms with Gasteiger partial charge in [-0.2, -0.15) is 0 Å². The predicted octanol–water partition coefficient (Wildman–Crippen LogP) is 3.98. The largest absolute Gasteiger partial charge is 0.493 e. The molecule has 6 nitrogen and oxygen atoms in total. The smallest absolute Gasteiger partial charge is 0.309 e. The number of hydrogen-bond acceptors (Lipinski definition) is 5. The van der Waals surface area contributed by atoms with Crippen LogP contribution >= 0.6 is 0 Å². The molecule has 0 saturated heterocycles. The fourth-order valence-corrected chi connectivity index (χ4v) is 2.90. The van der Waals surface area contributed by atoms with E-state index in [-0.39, 0.29) is 31.4 Å². The summed E-state index contributed by atoms with van der Waals surface area (Å²) in [7, 11) is 6.00. The Labute approximate surface area is 175 Å². The molecule has 0 amide bonds. The molecular formula is C23H38NO5+. The van der Waals surface area contributed by atoms with Gasteiger partial charge in [0.2, 0.25) is 0 Å². The van der Waals surface area contributed by atoms with Crippen LogP contribution in [0.15, 0.2) is 30.3 Å². The third-order valence-corrected chi connectivity index (χ3v) is 4.27. The molecule has 0 spiro atoms. The maximum Gasteiger partial charge on any atom is 0.309 e. The van der Waals surface area contributed by atoms with Crippen LogP contribution < -0.4 is 4.74 Å². The van der Waals surface area contributed by atoms with Gasteiger partial charge in [-0.05, 0) is 18.6 Å². The van der Waals surface area contributed by atoms with Gasteiger partial charge >= 0.3 is 11.9 Å². The maximum atomic E-state index is 12.2. The van der Waals surface area contributed by atoms with E-state index in [2.05, 4.69) is 6.92 Å². The topological polar surface area (TPSA) is 61.8 Å². The Hall–Kier alpha value is -2.08. The Bertz CT molecular complexity index is 583. The summed E-state index contributed by atoms with van der Waals surface area (Å²) in [6, 6.07) is 9.33. The molecule has 164 valence electrons. The molecule has 0 N–H and O–H groups in total. The lowest BCUT2D eigenvalue weighted by Crippen LogP contribution is -2.44. The Kier molecular flexibility index (Phi) is 12.0. The number of likely N-dealkylation sites (N-methyl/N-ethyl adjacent to an activating group) is 1. The highest BCUT2D eigenvalue weighted by Gasteiger charge is 2.25. The van der Waals surface area contributed by atoms with Crippen LogP contribution in [0.5, 0.6) is 5.75 Å². The molecule has 0 saturated carbocycles. The lowest BCUT2D eigenvalue weighted by atomic mass is 10.2. The second-order valence-corrected chi connectivity index (χ2v) is 8.34. The summed E-state index contributed by atoms with van der Waals surface area (Å²) >= 11 is 0. The average molecular weight is 409 g/mol. The van der Waals surface area contributed by atoms with Crippen LogP contribution in [-0.4, -0.2) is 63.4 Å². The van der Waals surface area contributed by atoms with E-state index < -0.39 is 6.10 Å². The Balaban J connectivity index is 2.37. The van der Waals surface area contributed by atoms with E-state index in [1.807, 2.05) is 51.5 Å². The van der Waals surface area contributed by atoms with Crippen molar-refractivity contribution in [3.63, 3.8) is 0 Å². The number of carbonyl (C=O) groups excluding carboxylic acids is 2. The van der Waals surface area contributed by atoms with Gasteiger partial charge in [0.25, 0.3) is 0 Å². The number of benzene rings is 1. The van der Waals surface area contributed by atoms with Crippen molar-refractivity contribution in [1.29, 1.82) is 0 Å². The van der Waals surface area contributed by atoms with E-state index in [1.165, 1.54) is 19.3 Å². The number of carbonyl (C=O) groups is 2. The summed E-state index contributed by atoms with van der Waals surface area (Å²) in [5.74, 6) is 0.0322.